The number of para-hydroxylation sites is 1. The minimum atomic E-state index is -2.99. The molecule has 0 fully saturated rings. The van der Waals surface area contributed by atoms with Gasteiger partial charge in [-0.1, -0.05) is 24.3 Å². The van der Waals surface area contributed by atoms with E-state index < -0.39 is 25.1 Å². The fraction of sp³-hybridized carbons (Fsp3) is 0.222. The molecule has 0 bridgehead atoms. The van der Waals surface area contributed by atoms with Crippen LogP contribution in [-0.4, -0.2) is 25.1 Å². The smallest absolute Gasteiger partial charge is 0.387 e. The van der Waals surface area contributed by atoms with Crippen LogP contribution in [0.3, 0.4) is 0 Å². The molecule has 25 heavy (non-hydrogen) atoms. The minimum Gasteiger partial charge on any atom is -0.452 e. The van der Waals surface area contributed by atoms with Gasteiger partial charge in [-0.2, -0.15) is 8.78 Å². The summed E-state index contributed by atoms with van der Waals surface area (Å²) in [5, 5.41) is 2.68. The Morgan fingerprint density at radius 1 is 1.08 bits per heavy atom. The van der Waals surface area contributed by atoms with Crippen LogP contribution in [0.15, 0.2) is 42.5 Å². The van der Waals surface area contributed by atoms with Gasteiger partial charge in [0.1, 0.15) is 5.75 Å². The fourth-order valence-corrected chi connectivity index (χ4v) is 2.20. The maximum atomic E-state index is 12.2. The second-order valence-electron chi connectivity index (χ2n) is 5.30. The van der Waals surface area contributed by atoms with Gasteiger partial charge in [-0.15, -0.1) is 0 Å². The number of hydrogen-bond acceptors (Lipinski definition) is 4. The van der Waals surface area contributed by atoms with E-state index in [1.54, 1.807) is 0 Å². The van der Waals surface area contributed by atoms with Gasteiger partial charge >= 0.3 is 12.6 Å². The van der Waals surface area contributed by atoms with Gasteiger partial charge in [-0.3, -0.25) is 4.79 Å². The molecule has 0 aliphatic rings. The summed E-state index contributed by atoms with van der Waals surface area (Å²) in [6.45, 7) is 0.216. The predicted molar refractivity (Wildman–Crippen MR) is 87.9 cm³/mol. The van der Waals surface area contributed by atoms with Crippen molar-refractivity contribution in [1.29, 1.82) is 0 Å². The summed E-state index contributed by atoms with van der Waals surface area (Å²) in [5.74, 6) is -1.47. The first-order chi connectivity index (χ1) is 11.9. The van der Waals surface area contributed by atoms with Crippen molar-refractivity contribution in [2.45, 2.75) is 20.5 Å². The van der Waals surface area contributed by atoms with E-state index in [1.807, 2.05) is 32.0 Å². The molecule has 0 unspecified atom stereocenters. The number of esters is 1. The monoisotopic (exact) mass is 349 g/mol. The molecule has 0 atom stereocenters. The van der Waals surface area contributed by atoms with E-state index in [2.05, 4.69) is 10.1 Å². The molecule has 0 saturated heterocycles. The quantitative estimate of drug-likeness (QED) is 0.808. The molecule has 0 aromatic heterocycles. The first-order valence-corrected chi connectivity index (χ1v) is 7.45. The number of benzene rings is 2. The zero-order chi connectivity index (χ0) is 18.4. The minimum absolute atomic E-state index is 0.0121. The summed E-state index contributed by atoms with van der Waals surface area (Å²) < 4.78 is 33.5. The highest BCUT2D eigenvalue weighted by Crippen LogP contribution is 2.19. The van der Waals surface area contributed by atoms with Crippen molar-refractivity contribution in [3.05, 3.63) is 59.2 Å². The molecule has 5 nitrogen and oxygen atoms in total. The van der Waals surface area contributed by atoms with Crippen LogP contribution in [0.4, 0.5) is 14.5 Å². The molecule has 132 valence electrons. The highest BCUT2D eigenvalue weighted by Gasteiger charge is 2.13. The van der Waals surface area contributed by atoms with Gasteiger partial charge in [0.2, 0.25) is 0 Å². The van der Waals surface area contributed by atoms with Crippen molar-refractivity contribution < 1.29 is 27.8 Å². The Morgan fingerprint density at radius 2 is 1.72 bits per heavy atom. The van der Waals surface area contributed by atoms with E-state index in [4.69, 9.17) is 4.74 Å². The SMILES string of the molecule is Cc1cccc(C)c1NC(=O)COC(=O)c1cccc(OC(F)F)c1. The van der Waals surface area contributed by atoms with E-state index in [0.717, 1.165) is 17.2 Å². The molecule has 0 aliphatic heterocycles. The van der Waals surface area contributed by atoms with Crippen molar-refractivity contribution >= 4 is 17.6 Å². The van der Waals surface area contributed by atoms with Crippen LogP contribution in [0, 0.1) is 13.8 Å². The molecule has 0 radical (unpaired) electrons. The number of anilines is 1. The standard InChI is InChI=1S/C18H17F2NO4/c1-11-5-3-6-12(2)16(11)21-15(22)10-24-17(23)13-7-4-8-14(9-13)25-18(19)20/h3-9,18H,10H2,1-2H3,(H,21,22). The third kappa shape index (κ3) is 5.27. The van der Waals surface area contributed by atoms with Crippen LogP contribution in [0.5, 0.6) is 5.75 Å². The zero-order valence-electron chi connectivity index (χ0n) is 13.7. The predicted octanol–water partition coefficient (Wildman–Crippen LogP) is 3.70. The number of alkyl halides is 2. The topological polar surface area (TPSA) is 64.6 Å². The van der Waals surface area contributed by atoms with Crippen LogP contribution in [0.1, 0.15) is 21.5 Å². The Labute approximate surface area is 143 Å². The molecule has 1 N–H and O–H groups in total. The van der Waals surface area contributed by atoms with E-state index in [0.29, 0.717) is 5.69 Å². The first-order valence-electron chi connectivity index (χ1n) is 7.45. The highest BCUT2D eigenvalue weighted by atomic mass is 19.3. The van der Waals surface area contributed by atoms with Crippen molar-refractivity contribution in [3.8, 4) is 5.75 Å². The Hall–Kier alpha value is -2.96. The molecule has 1 amide bonds. The van der Waals surface area contributed by atoms with Gasteiger partial charge in [0, 0.05) is 5.69 Å². The number of ether oxygens (including phenoxy) is 2. The largest absolute Gasteiger partial charge is 0.452 e. The molecule has 0 saturated carbocycles. The molecule has 7 heteroatoms. The van der Waals surface area contributed by atoms with Gasteiger partial charge < -0.3 is 14.8 Å². The molecule has 2 aromatic rings. The van der Waals surface area contributed by atoms with Gasteiger partial charge in [0.15, 0.2) is 6.61 Å². The molecular weight excluding hydrogens is 332 g/mol. The average Bonchev–Trinajstić information content (AvgIpc) is 2.56. The van der Waals surface area contributed by atoms with Crippen LogP contribution in [-0.2, 0) is 9.53 Å². The maximum Gasteiger partial charge on any atom is 0.387 e. The normalized spacial score (nSPS) is 10.4. The maximum absolute atomic E-state index is 12.2. The lowest BCUT2D eigenvalue weighted by molar-refractivity contribution is -0.119. The number of aryl methyl sites for hydroxylation is 2. The molecule has 0 spiro atoms. The number of carbonyl (C=O) groups is 2. The second-order valence-corrected chi connectivity index (χ2v) is 5.30. The summed E-state index contributed by atoms with van der Waals surface area (Å²) >= 11 is 0. The number of nitrogens with one attached hydrogen (secondary N) is 1. The van der Waals surface area contributed by atoms with Crippen LogP contribution in [0.2, 0.25) is 0 Å². The number of rotatable bonds is 6. The number of carbonyl (C=O) groups excluding carboxylic acids is 2. The van der Waals surface area contributed by atoms with Gasteiger partial charge in [-0.25, -0.2) is 4.79 Å². The Kier molecular flexibility index (Phi) is 6.05. The number of amides is 1. The molecule has 2 aromatic carbocycles. The highest BCUT2D eigenvalue weighted by molar-refractivity contribution is 5.96. The lowest BCUT2D eigenvalue weighted by atomic mass is 10.1. The first kappa shape index (κ1) is 18.4. The average molecular weight is 349 g/mol. The summed E-state index contributed by atoms with van der Waals surface area (Å²) in [6.07, 6.45) is 0. The van der Waals surface area contributed by atoms with Gasteiger partial charge in [-0.05, 0) is 43.2 Å². The lowest BCUT2D eigenvalue weighted by Gasteiger charge is -2.12. The Bertz CT molecular complexity index is 757. The second kappa shape index (κ2) is 8.23. The third-order valence-corrected chi connectivity index (χ3v) is 3.37. The Balaban J connectivity index is 1.94. The molecule has 2 rings (SSSR count). The summed E-state index contributed by atoms with van der Waals surface area (Å²) in [7, 11) is 0. The van der Waals surface area contributed by atoms with Crippen LogP contribution in [0.25, 0.3) is 0 Å². The number of hydrogen-bond donors (Lipinski definition) is 1. The van der Waals surface area contributed by atoms with E-state index in [-0.39, 0.29) is 11.3 Å². The van der Waals surface area contributed by atoms with Crippen molar-refractivity contribution in [2.24, 2.45) is 0 Å². The molecule has 0 heterocycles. The van der Waals surface area contributed by atoms with Crippen molar-refractivity contribution in [2.75, 3.05) is 11.9 Å². The van der Waals surface area contributed by atoms with Crippen LogP contribution < -0.4 is 10.1 Å². The Morgan fingerprint density at radius 3 is 2.36 bits per heavy atom. The van der Waals surface area contributed by atoms with Gasteiger partial charge in [0.25, 0.3) is 5.91 Å². The van der Waals surface area contributed by atoms with Crippen molar-refractivity contribution in [1.82, 2.24) is 0 Å². The lowest BCUT2D eigenvalue weighted by Crippen LogP contribution is -2.21. The number of halogens is 2. The fourth-order valence-electron chi connectivity index (χ4n) is 2.20. The van der Waals surface area contributed by atoms with E-state index in [1.165, 1.54) is 18.2 Å². The third-order valence-electron chi connectivity index (χ3n) is 3.37. The summed E-state index contributed by atoms with van der Waals surface area (Å²) in [6, 6.07) is 10.7. The molecular formula is C18H17F2NO4. The van der Waals surface area contributed by atoms with E-state index >= 15 is 0 Å². The van der Waals surface area contributed by atoms with Crippen LogP contribution >= 0.6 is 0 Å². The van der Waals surface area contributed by atoms with Crippen molar-refractivity contribution in [3.63, 3.8) is 0 Å². The van der Waals surface area contributed by atoms with E-state index in [9.17, 15) is 18.4 Å². The molecule has 0 aliphatic carbocycles. The summed E-state index contributed by atoms with van der Waals surface area (Å²) in [4.78, 5) is 23.9. The van der Waals surface area contributed by atoms with Gasteiger partial charge in [0.05, 0.1) is 5.56 Å². The zero-order valence-corrected chi connectivity index (χ0v) is 13.7. The summed E-state index contributed by atoms with van der Waals surface area (Å²) in [5.41, 5.74) is 2.45.